The highest BCUT2D eigenvalue weighted by atomic mass is 16.1. The molecule has 2 aromatic rings. The molecule has 21 heavy (non-hydrogen) atoms. The maximum Gasteiger partial charge on any atom is 0.229 e. The maximum atomic E-state index is 12.0. The monoisotopic (exact) mass is 285 g/mol. The Labute approximate surface area is 126 Å². The van der Waals surface area contributed by atoms with E-state index in [2.05, 4.69) is 34.6 Å². The summed E-state index contributed by atoms with van der Waals surface area (Å²) in [5, 5.41) is 9.76. The fourth-order valence-corrected chi connectivity index (χ4v) is 2.18. The van der Waals surface area contributed by atoms with Gasteiger partial charge in [-0.05, 0) is 30.4 Å². The maximum absolute atomic E-state index is 12.0. The van der Waals surface area contributed by atoms with Gasteiger partial charge in [0.2, 0.25) is 5.91 Å². The second kappa shape index (κ2) is 7.62. The van der Waals surface area contributed by atoms with Gasteiger partial charge in [-0.3, -0.25) is 9.89 Å². The molecule has 0 bridgehead atoms. The molecule has 1 heterocycles. The summed E-state index contributed by atoms with van der Waals surface area (Å²) in [6, 6.07) is 10.2. The number of amides is 1. The first-order valence-electron chi connectivity index (χ1n) is 7.63. The number of carbonyl (C=O) groups excluding carboxylic acids is 1. The van der Waals surface area contributed by atoms with E-state index in [4.69, 9.17) is 0 Å². The van der Waals surface area contributed by atoms with Crippen molar-refractivity contribution in [2.45, 2.75) is 46.0 Å². The highest BCUT2D eigenvalue weighted by molar-refractivity contribution is 5.91. The van der Waals surface area contributed by atoms with E-state index in [-0.39, 0.29) is 5.91 Å². The molecular formula is C17H23N3O. The van der Waals surface area contributed by atoms with Gasteiger partial charge in [0.1, 0.15) is 0 Å². The minimum atomic E-state index is -0.0366. The first kappa shape index (κ1) is 15.3. The lowest BCUT2D eigenvalue weighted by Crippen LogP contribution is -2.14. The predicted molar refractivity (Wildman–Crippen MR) is 85.4 cm³/mol. The third-order valence-corrected chi connectivity index (χ3v) is 3.49. The van der Waals surface area contributed by atoms with Gasteiger partial charge in [0.25, 0.3) is 0 Å². The lowest BCUT2D eigenvalue weighted by atomic mass is 10.0. The first-order valence-corrected chi connectivity index (χ1v) is 7.63. The van der Waals surface area contributed by atoms with Crippen molar-refractivity contribution in [1.82, 2.24) is 10.2 Å². The number of nitrogens with zero attached hydrogens (tertiary/aromatic N) is 1. The van der Waals surface area contributed by atoms with Gasteiger partial charge >= 0.3 is 0 Å². The minimum Gasteiger partial charge on any atom is -0.309 e. The lowest BCUT2D eigenvalue weighted by molar-refractivity contribution is -0.115. The fourth-order valence-electron chi connectivity index (χ4n) is 2.18. The SMILES string of the molecule is CCCCc1ccc(CC(=O)Nc2cc(CC)[nH]n2)cc1. The van der Waals surface area contributed by atoms with Gasteiger partial charge in [-0.25, -0.2) is 0 Å². The van der Waals surface area contributed by atoms with Gasteiger partial charge in [0.15, 0.2) is 5.82 Å². The molecule has 1 aromatic carbocycles. The molecule has 1 amide bonds. The van der Waals surface area contributed by atoms with Crippen molar-refractivity contribution in [3.63, 3.8) is 0 Å². The molecule has 1 aromatic heterocycles. The summed E-state index contributed by atoms with van der Waals surface area (Å²) in [7, 11) is 0. The van der Waals surface area contributed by atoms with Crippen molar-refractivity contribution >= 4 is 11.7 Å². The molecule has 0 aliphatic rings. The van der Waals surface area contributed by atoms with Crippen LogP contribution in [0, 0.1) is 0 Å². The Bertz CT molecular complexity index is 572. The van der Waals surface area contributed by atoms with Crippen LogP contribution in [0.3, 0.4) is 0 Å². The minimum absolute atomic E-state index is 0.0366. The van der Waals surface area contributed by atoms with Crippen LogP contribution in [0.15, 0.2) is 30.3 Å². The number of anilines is 1. The number of benzene rings is 1. The molecule has 0 fully saturated rings. The van der Waals surface area contributed by atoms with E-state index in [1.54, 1.807) is 0 Å². The highest BCUT2D eigenvalue weighted by Crippen LogP contribution is 2.10. The Kier molecular flexibility index (Phi) is 5.55. The Morgan fingerprint density at radius 2 is 1.90 bits per heavy atom. The molecule has 2 rings (SSSR count). The number of rotatable bonds is 7. The van der Waals surface area contributed by atoms with Crippen molar-refractivity contribution < 1.29 is 4.79 Å². The zero-order valence-electron chi connectivity index (χ0n) is 12.8. The third-order valence-electron chi connectivity index (χ3n) is 3.49. The van der Waals surface area contributed by atoms with Crippen molar-refractivity contribution in [1.29, 1.82) is 0 Å². The summed E-state index contributed by atoms with van der Waals surface area (Å²) in [6.07, 6.45) is 4.77. The molecule has 4 heteroatoms. The Morgan fingerprint density at radius 1 is 1.19 bits per heavy atom. The molecule has 0 spiro atoms. The number of hydrogen-bond acceptors (Lipinski definition) is 2. The molecule has 2 N–H and O–H groups in total. The van der Waals surface area contributed by atoms with Crippen molar-refractivity contribution in [2.75, 3.05) is 5.32 Å². The summed E-state index contributed by atoms with van der Waals surface area (Å²) >= 11 is 0. The Morgan fingerprint density at radius 3 is 2.52 bits per heavy atom. The summed E-state index contributed by atoms with van der Waals surface area (Å²) in [6.45, 7) is 4.23. The first-order chi connectivity index (χ1) is 10.2. The van der Waals surface area contributed by atoms with Crippen molar-refractivity contribution in [3.05, 3.63) is 47.2 Å². The number of H-pyrrole nitrogens is 1. The van der Waals surface area contributed by atoms with Gasteiger partial charge in [0.05, 0.1) is 6.42 Å². The van der Waals surface area contributed by atoms with E-state index in [1.165, 1.54) is 18.4 Å². The van der Waals surface area contributed by atoms with Crippen molar-refractivity contribution in [2.24, 2.45) is 0 Å². The number of aryl methyl sites for hydroxylation is 2. The highest BCUT2D eigenvalue weighted by Gasteiger charge is 2.06. The average molecular weight is 285 g/mol. The van der Waals surface area contributed by atoms with E-state index in [9.17, 15) is 4.79 Å². The fraction of sp³-hybridized carbons (Fsp3) is 0.412. The molecule has 0 atom stereocenters. The van der Waals surface area contributed by atoms with Crippen LogP contribution in [0.2, 0.25) is 0 Å². The van der Waals surface area contributed by atoms with Crippen LogP contribution >= 0.6 is 0 Å². The molecule has 0 aliphatic carbocycles. The topological polar surface area (TPSA) is 57.8 Å². The summed E-state index contributed by atoms with van der Waals surface area (Å²) < 4.78 is 0. The molecular weight excluding hydrogens is 262 g/mol. The molecule has 0 saturated carbocycles. The summed E-state index contributed by atoms with van der Waals surface area (Å²) in [4.78, 5) is 12.0. The van der Waals surface area contributed by atoms with Crippen LogP contribution < -0.4 is 5.32 Å². The van der Waals surface area contributed by atoms with Crippen LogP contribution in [0.25, 0.3) is 0 Å². The van der Waals surface area contributed by atoms with E-state index in [1.807, 2.05) is 25.1 Å². The Hall–Kier alpha value is -2.10. The normalized spacial score (nSPS) is 10.6. The van der Waals surface area contributed by atoms with Gasteiger partial charge in [-0.15, -0.1) is 0 Å². The second-order valence-electron chi connectivity index (χ2n) is 5.28. The molecule has 0 radical (unpaired) electrons. The van der Waals surface area contributed by atoms with E-state index in [0.717, 1.165) is 24.1 Å². The van der Waals surface area contributed by atoms with Crippen LogP contribution in [0.1, 0.15) is 43.5 Å². The zero-order chi connectivity index (χ0) is 15.1. The van der Waals surface area contributed by atoms with E-state index in [0.29, 0.717) is 12.2 Å². The molecule has 0 unspecified atom stereocenters. The number of aromatic nitrogens is 2. The number of unbranched alkanes of at least 4 members (excludes halogenated alkanes) is 1. The summed E-state index contributed by atoms with van der Waals surface area (Å²) in [5.41, 5.74) is 3.38. The average Bonchev–Trinajstić information content (AvgIpc) is 2.94. The number of carbonyl (C=O) groups is 1. The van der Waals surface area contributed by atoms with Gasteiger partial charge < -0.3 is 5.32 Å². The second-order valence-corrected chi connectivity index (χ2v) is 5.28. The van der Waals surface area contributed by atoms with E-state index < -0.39 is 0 Å². The number of aromatic amines is 1. The van der Waals surface area contributed by atoms with Gasteiger partial charge in [0, 0.05) is 11.8 Å². The standard InChI is InChI=1S/C17H23N3O/c1-3-5-6-13-7-9-14(10-8-13)11-17(21)18-16-12-15(4-2)19-20-16/h7-10,12H,3-6,11H2,1-2H3,(H2,18,19,20,21). The lowest BCUT2D eigenvalue weighted by Gasteiger charge is -2.04. The van der Waals surface area contributed by atoms with Crippen LogP contribution in [0.4, 0.5) is 5.82 Å². The number of hydrogen-bond donors (Lipinski definition) is 2. The van der Waals surface area contributed by atoms with Crippen LogP contribution in [-0.2, 0) is 24.1 Å². The molecule has 4 nitrogen and oxygen atoms in total. The Balaban J connectivity index is 1.87. The molecule has 0 saturated heterocycles. The summed E-state index contributed by atoms with van der Waals surface area (Å²) in [5.74, 6) is 0.557. The smallest absolute Gasteiger partial charge is 0.229 e. The molecule has 112 valence electrons. The largest absolute Gasteiger partial charge is 0.309 e. The third kappa shape index (κ3) is 4.74. The quantitative estimate of drug-likeness (QED) is 0.818. The van der Waals surface area contributed by atoms with Crippen molar-refractivity contribution in [3.8, 4) is 0 Å². The van der Waals surface area contributed by atoms with Gasteiger partial charge in [-0.2, -0.15) is 5.10 Å². The van der Waals surface area contributed by atoms with E-state index >= 15 is 0 Å². The van der Waals surface area contributed by atoms with Crippen LogP contribution in [0.5, 0.6) is 0 Å². The number of nitrogens with one attached hydrogen (secondary N) is 2. The zero-order valence-corrected chi connectivity index (χ0v) is 12.8. The van der Waals surface area contributed by atoms with Crippen LogP contribution in [-0.4, -0.2) is 16.1 Å². The predicted octanol–water partition coefficient (Wildman–Crippen LogP) is 3.50. The molecule has 0 aliphatic heterocycles. The van der Waals surface area contributed by atoms with Gasteiger partial charge in [-0.1, -0.05) is 44.5 Å².